The van der Waals surface area contributed by atoms with Crippen molar-refractivity contribution >= 4 is 28.4 Å². The fourth-order valence-electron chi connectivity index (χ4n) is 8.09. The van der Waals surface area contributed by atoms with Gasteiger partial charge >= 0.3 is 5.91 Å². The monoisotopic (exact) mass is 554 g/mol. The molecule has 0 bridgehead atoms. The molecule has 1 saturated heterocycles. The Morgan fingerprint density at radius 2 is 1.80 bits per heavy atom. The van der Waals surface area contributed by atoms with Crippen LogP contribution >= 0.6 is 0 Å². The number of nitrogens with two attached hydrogens (primary N) is 2. The van der Waals surface area contributed by atoms with Crippen molar-refractivity contribution in [2.75, 3.05) is 12.3 Å². The van der Waals surface area contributed by atoms with Gasteiger partial charge in [0, 0.05) is 30.1 Å². The molecule has 2 aromatic carbocycles. The summed E-state index contributed by atoms with van der Waals surface area (Å²) >= 11 is 0. The predicted octanol–water partition coefficient (Wildman–Crippen LogP) is 5.14. The summed E-state index contributed by atoms with van der Waals surface area (Å²) in [5, 5.41) is 6.13. The van der Waals surface area contributed by atoms with E-state index in [0.29, 0.717) is 37.8 Å². The molecule has 2 aliphatic carbocycles. The van der Waals surface area contributed by atoms with Crippen molar-refractivity contribution in [2.45, 2.75) is 89.4 Å². The summed E-state index contributed by atoms with van der Waals surface area (Å²) in [6.45, 7) is 3.59. The molecule has 7 nitrogen and oxygen atoms in total. The van der Waals surface area contributed by atoms with Crippen LogP contribution in [0.5, 0.6) is 0 Å². The number of aromatic nitrogens is 1. The summed E-state index contributed by atoms with van der Waals surface area (Å²) in [4.78, 5) is 32.9. The minimum Gasteiger partial charge on any atom is -0.384 e. The number of benzene rings is 2. The van der Waals surface area contributed by atoms with Crippen molar-refractivity contribution in [1.29, 1.82) is 0 Å². The molecular formula is C34H44N5O2+. The topological polar surface area (TPSA) is 111 Å². The summed E-state index contributed by atoms with van der Waals surface area (Å²) in [5.74, 6) is 0.918. The van der Waals surface area contributed by atoms with E-state index in [0.717, 1.165) is 48.9 Å². The van der Waals surface area contributed by atoms with Crippen molar-refractivity contribution in [3.63, 3.8) is 0 Å². The van der Waals surface area contributed by atoms with Crippen molar-refractivity contribution in [1.82, 2.24) is 10.3 Å². The number of carbonyl (C=O) groups excluding carboxylic acids is 2. The van der Waals surface area contributed by atoms with Gasteiger partial charge in [-0.05, 0) is 66.6 Å². The molecule has 2 saturated carbocycles. The number of likely N-dealkylation sites (tertiary alicyclic amines) is 1. The van der Waals surface area contributed by atoms with Crippen LogP contribution in [0.25, 0.3) is 10.8 Å². The van der Waals surface area contributed by atoms with Crippen LogP contribution in [0.3, 0.4) is 0 Å². The number of quaternary nitrogens is 1. The first-order chi connectivity index (χ1) is 19.8. The van der Waals surface area contributed by atoms with Crippen LogP contribution in [0.2, 0.25) is 0 Å². The minimum atomic E-state index is -0.835. The number of nitrogens with zero attached hydrogens (tertiary/aromatic N) is 2. The number of fused-ring (bicyclic) bond motifs is 2. The Bertz CT molecular complexity index is 1450. The van der Waals surface area contributed by atoms with E-state index >= 15 is 4.79 Å². The molecule has 4 atom stereocenters. The highest BCUT2D eigenvalue weighted by Crippen LogP contribution is 2.59. The molecule has 7 heteroatoms. The zero-order chi connectivity index (χ0) is 28.6. The number of primary amides is 1. The number of nitrogen functional groups attached to an aromatic ring is 1. The van der Waals surface area contributed by atoms with Gasteiger partial charge in [-0.2, -0.15) is 0 Å². The maximum atomic E-state index is 15.1. The largest absolute Gasteiger partial charge is 0.384 e. The Kier molecular flexibility index (Phi) is 7.60. The second-order valence-corrected chi connectivity index (χ2v) is 12.9. The van der Waals surface area contributed by atoms with E-state index in [-0.39, 0.29) is 28.3 Å². The number of anilines is 1. The maximum Gasteiger partial charge on any atom is 0.331 e. The molecule has 2 amide bonds. The molecule has 1 unspecified atom stereocenters. The molecule has 41 heavy (non-hydrogen) atoms. The normalized spacial score (nSPS) is 26.8. The molecule has 3 fully saturated rings. The molecule has 1 aromatic heterocycles. The highest BCUT2D eigenvalue weighted by atomic mass is 16.2. The van der Waals surface area contributed by atoms with E-state index in [1.54, 1.807) is 6.07 Å². The van der Waals surface area contributed by atoms with Gasteiger partial charge in [0.05, 0.1) is 6.54 Å². The van der Waals surface area contributed by atoms with Gasteiger partial charge in [0.2, 0.25) is 0 Å². The van der Waals surface area contributed by atoms with Crippen LogP contribution < -0.4 is 16.8 Å². The summed E-state index contributed by atoms with van der Waals surface area (Å²) in [5.41, 5.74) is 14.3. The smallest absolute Gasteiger partial charge is 0.331 e. The first kappa shape index (κ1) is 27.9. The first-order valence-electron chi connectivity index (χ1n) is 15.5. The average Bonchev–Trinajstić information content (AvgIpc) is 3.74. The summed E-state index contributed by atoms with van der Waals surface area (Å²) in [6.07, 6.45) is 9.38. The average molecular weight is 555 g/mol. The molecule has 0 radical (unpaired) electrons. The Morgan fingerprint density at radius 3 is 2.56 bits per heavy atom. The van der Waals surface area contributed by atoms with E-state index < -0.39 is 5.54 Å². The van der Waals surface area contributed by atoms with Gasteiger partial charge in [-0.3, -0.25) is 10.1 Å². The summed E-state index contributed by atoms with van der Waals surface area (Å²) < 4.78 is 0.0988. The van der Waals surface area contributed by atoms with Crippen molar-refractivity contribution < 1.29 is 14.1 Å². The van der Waals surface area contributed by atoms with E-state index in [1.165, 1.54) is 30.0 Å². The van der Waals surface area contributed by atoms with Crippen molar-refractivity contribution in [2.24, 2.45) is 17.6 Å². The number of piperidine rings is 1. The molecule has 3 aromatic rings. The third-order valence-electron chi connectivity index (χ3n) is 10.4. The fourth-order valence-corrected chi connectivity index (χ4v) is 8.09. The van der Waals surface area contributed by atoms with Crippen molar-refractivity contribution in [3.05, 3.63) is 71.4 Å². The molecule has 216 valence electrons. The highest BCUT2D eigenvalue weighted by molar-refractivity contribution is 5.91. The van der Waals surface area contributed by atoms with Gasteiger partial charge in [0.15, 0.2) is 5.54 Å². The van der Waals surface area contributed by atoms with Gasteiger partial charge < -0.3 is 11.5 Å². The number of amides is 2. The molecule has 3 aliphatic rings. The number of rotatable bonds is 9. The quantitative estimate of drug-likeness (QED) is 0.317. The van der Waals surface area contributed by atoms with E-state index in [9.17, 15) is 4.79 Å². The Balaban J connectivity index is 1.36. The van der Waals surface area contributed by atoms with Gasteiger partial charge in [0.25, 0.3) is 5.91 Å². The van der Waals surface area contributed by atoms with E-state index in [2.05, 4.69) is 52.8 Å². The maximum absolute atomic E-state index is 15.1. The van der Waals surface area contributed by atoms with Crippen molar-refractivity contribution in [3.8, 4) is 0 Å². The molecule has 2 heterocycles. The molecule has 6 rings (SSSR count). The second kappa shape index (κ2) is 11.2. The van der Waals surface area contributed by atoms with Crippen LogP contribution in [-0.4, -0.2) is 39.4 Å². The lowest BCUT2D eigenvalue weighted by Crippen LogP contribution is -2.71. The number of hydrogen-bond donors (Lipinski definition) is 3. The number of carbonyl (C=O) groups is 2. The van der Waals surface area contributed by atoms with Crippen LogP contribution in [0.1, 0.15) is 74.6 Å². The number of aryl methyl sites for hydroxylation is 1. The second-order valence-electron chi connectivity index (χ2n) is 12.9. The van der Waals surface area contributed by atoms with Crippen LogP contribution in [0.15, 0.2) is 54.6 Å². The Hall–Kier alpha value is -3.29. The van der Waals surface area contributed by atoms with E-state index in [4.69, 9.17) is 11.5 Å². The zero-order valence-corrected chi connectivity index (χ0v) is 24.3. The Labute approximate surface area is 243 Å². The highest BCUT2D eigenvalue weighted by Gasteiger charge is 2.76. The standard InChI is InChI=1S/C34H43N5O2/c1-23-28(15-16-31(35)38-23)22-39(17-7-12-29-20-34(29,39)33(36)41)32(40)30(19-24-8-3-2-4-9-24)37-21-25-13-14-26-10-5-6-11-27(26)18-25/h5-6,10-11,13-16,18,24,29-30,37H,2-4,7-9,12,17,19-22H2,1H3,(H3-,35,36,38,41)/p+1/t29-,30-,34+,39?/m1/s1. The van der Waals surface area contributed by atoms with E-state index in [1.807, 2.05) is 13.0 Å². The summed E-state index contributed by atoms with van der Waals surface area (Å²) in [7, 11) is 0. The molecule has 1 aliphatic heterocycles. The number of hydrogen-bond acceptors (Lipinski definition) is 5. The summed E-state index contributed by atoms with van der Waals surface area (Å²) in [6, 6.07) is 18.3. The van der Waals surface area contributed by atoms with Crippen LogP contribution in [0, 0.1) is 18.8 Å². The lowest BCUT2D eigenvalue weighted by Gasteiger charge is -2.46. The van der Waals surface area contributed by atoms with Crippen LogP contribution in [0.4, 0.5) is 5.82 Å². The van der Waals surface area contributed by atoms with Gasteiger partial charge in [-0.15, -0.1) is 0 Å². The lowest BCUT2D eigenvalue weighted by atomic mass is 9.83. The molecule has 0 spiro atoms. The number of nitrogens with one attached hydrogen (secondary N) is 1. The van der Waals surface area contributed by atoms with Crippen LogP contribution in [-0.2, 0) is 22.7 Å². The predicted molar refractivity (Wildman–Crippen MR) is 162 cm³/mol. The SMILES string of the molecule is Cc1nc(N)ccc1C[N+]1(C(=O)[C@@H](CC2CCCCC2)NCc2ccc3ccccc3c2)CCC[C@@H]2C[C@@]21C(N)=O. The third-order valence-corrected chi connectivity index (χ3v) is 10.4. The molecule has 5 N–H and O–H groups in total. The zero-order valence-electron chi connectivity index (χ0n) is 24.3. The van der Waals surface area contributed by atoms with Gasteiger partial charge in [0.1, 0.15) is 18.4 Å². The lowest BCUT2D eigenvalue weighted by molar-refractivity contribution is -0.900. The first-order valence-corrected chi connectivity index (χ1v) is 15.5. The third kappa shape index (κ3) is 5.15. The fraction of sp³-hybridized carbons (Fsp3) is 0.500. The number of pyridine rings is 1. The molecular weight excluding hydrogens is 510 g/mol. The van der Waals surface area contributed by atoms with Gasteiger partial charge in [-0.1, -0.05) is 68.5 Å². The minimum absolute atomic E-state index is 0.0988. The Morgan fingerprint density at radius 1 is 1.02 bits per heavy atom. The van der Waals surface area contributed by atoms with Gasteiger partial charge in [-0.25, -0.2) is 14.3 Å².